The Kier molecular flexibility index (Phi) is 6.29. The van der Waals surface area contributed by atoms with Crippen molar-refractivity contribution in [3.63, 3.8) is 0 Å². The fourth-order valence-electron chi connectivity index (χ4n) is 1.54. The van der Waals surface area contributed by atoms with Gasteiger partial charge in [-0.2, -0.15) is 0 Å². The van der Waals surface area contributed by atoms with Gasteiger partial charge in [0.05, 0.1) is 6.10 Å². The average Bonchev–Trinajstić information content (AvgIpc) is 2.36. The van der Waals surface area contributed by atoms with E-state index in [9.17, 15) is 9.18 Å². The zero-order valence-corrected chi connectivity index (χ0v) is 11.2. The number of carbonyl (C=O) groups excluding carboxylic acids is 1. The van der Waals surface area contributed by atoms with Crippen molar-refractivity contribution in [2.24, 2.45) is 0 Å². The summed E-state index contributed by atoms with van der Waals surface area (Å²) in [6.07, 6.45) is 0.186. The maximum absolute atomic E-state index is 13.3. The molecule has 0 bridgehead atoms. The highest BCUT2D eigenvalue weighted by molar-refractivity contribution is 5.80. The molecule has 0 spiro atoms. The molecule has 2 N–H and O–H groups in total. The van der Waals surface area contributed by atoms with Crippen LogP contribution in [0.1, 0.15) is 26.7 Å². The summed E-state index contributed by atoms with van der Waals surface area (Å²) >= 11 is 0. The van der Waals surface area contributed by atoms with Gasteiger partial charge in [-0.25, -0.2) is 4.39 Å². The van der Waals surface area contributed by atoms with E-state index in [2.05, 4.69) is 5.32 Å². The minimum absolute atomic E-state index is 0.0640. The van der Waals surface area contributed by atoms with Crippen LogP contribution in [0.5, 0.6) is 5.75 Å². The van der Waals surface area contributed by atoms with Crippen molar-refractivity contribution in [3.05, 3.63) is 30.1 Å². The van der Waals surface area contributed by atoms with Gasteiger partial charge < -0.3 is 15.2 Å². The summed E-state index contributed by atoms with van der Waals surface area (Å²) in [5, 5.41) is 11.8. The maximum Gasteiger partial charge on any atom is 0.260 e. The molecule has 0 saturated heterocycles. The molecule has 1 aromatic carbocycles. The van der Waals surface area contributed by atoms with Gasteiger partial charge in [-0.15, -0.1) is 0 Å². The van der Waals surface area contributed by atoms with Gasteiger partial charge in [-0.1, -0.05) is 12.1 Å². The van der Waals surface area contributed by atoms with Crippen LogP contribution in [0.4, 0.5) is 4.39 Å². The number of aliphatic hydroxyl groups excluding tert-OH is 1. The largest absolute Gasteiger partial charge is 0.478 e. The Bertz CT molecular complexity index is 409. The van der Waals surface area contributed by atoms with Crippen LogP contribution in [0, 0.1) is 5.82 Å². The van der Waals surface area contributed by atoms with Crippen LogP contribution >= 0.6 is 0 Å². The van der Waals surface area contributed by atoms with E-state index in [0.29, 0.717) is 19.4 Å². The Morgan fingerprint density at radius 2 is 2.11 bits per heavy atom. The SMILES string of the molecule is CC(O)CCCNC(=O)C(C)Oc1ccccc1F. The fourth-order valence-corrected chi connectivity index (χ4v) is 1.54. The fraction of sp³-hybridized carbons (Fsp3) is 0.500. The molecule has 1 rings (SSSR count). The van der Waals surface area contributed by atoms with Gasteiger partial charge in [0, 0.05) is 6.54 Å². The summed E-state index contributed by atoms with van der Waals surface area (Å²) in [4.78, 5) is 11.7. The molecular formula is C14H20FNO3. The van der Waals surface area contributed by atoms with Gasteiger partial charge in [-0.05, 0) is 38.8 Å². The van der Waals surface area contributed by atoms with Crippen LogP contribution in [0.25, 0.3) is 0 Å². The predicted octanol–water partition coefficient (Wildman–Crippen LogP) is 1.87. The molecule has 0 aliphatic rings. The van der Waals surface area contributed by atoms with Gasteiger partial charge in [0.25, 0.3) is 5.91 Å². The molecule has 0 aromatic heterocycles. The Balaban J connectivity index is 2.35. The number of nitrogens with one attached hydrogen (secondary N) is 1. The first-order valence-electron chi connectivity index (χ1n) is 6.37. The third-order valence-corrected chi connectivity index (χ3v) is 2.61. The van der Waals surface area contributed by atoms with E-state index < -0.39 is 11.9 Å². The minimum atomic E-state index is -0.761. The van der Waals surface area contributed by atoms with E-state index in [0.717, 1.165) is 0 Å². The molecule has 4 nitrogen and oxygen atoms in total. The highest BCUT2D eigenvalue weighted by Gasteiger charge is 2.15. The highest BCUT2D eigenvalue weighted by Crippen LogP contribution is 2.16. The van der Waals surface area contributed by atoms with Crippen LogP contribution in [0.2, 0.25) is 0 Å². The molecule has 106 valence electrons. The van der Waals surface area contributed by atoms with Crippen LogP contribution in [-0.4, -0.2) is 29.8 Å². The summed E-state index contributed by atoms with van der Waals surface area (Å²) in [6, 6.07) is 5.96. The number of amides is 1. The predicted molar refractivity (Wildman–Crippen MR) is 70.4 cm³/mol. The zero-order chi connectivity index (χ0) is 14.3. The number of rotatable bonds is 7. The van der Waals surface area contributed by atoms with Gasteiger partial charge in [0.2, 0.25) is 0 Å². The van der Waals surface area contributed by atoms with Crippen molar-refractivity contribution in [3.8, 4) is 5.75 Å². The second-order valence-electron chi connectivity index (χ2n) is 4.47. The van der Waals surface area contributed by atoms with Gasteiger partial charge in [0.1, 0.15) is 0 Å². The van der Waals surface area contributed by atoms with Crippen LogP contribution < -0.4 is 10.1 Å². The molecule has 0 radical (unpaired) electrons. The molecule has 2 unspecified atom stereocenters. The van der Waals surface area contributed by atoms with Gasteiger partial charge >= 0.3 is 0 Å². The summed E-state index contributed by atoms with van der Waals surface area (Å²) < 4.78 is 18.6. The smallest absolute Gasteiger partial charge is 0.260 e. The second-order valence-corrected chi connectivity index (χ2v) is 4.47. The number of benzene rings is 1. The number of hydrogen-bond donors (Lipinski definition) is 2. The van der Waals surface area contributed by atoms with E-state index in [1.54, 1.807) is 26.0 Å². The summed E-state index contributed by atoms with van der Waals surface area (Å²) in [5.41, 5.74) is 0. The summed E-state index contributed by atoms with van der Waals surface area (Å²) in [7, 11) is 0. The standard InChI is InChI=1S/C14H20FNO3/c1-10(17)6-5-9-16-14(18)11(2)19-13-8-4-3-7-12(13)15/h3-4,7-8,10-11,17H,5-6,9H2,1-2H3,(H,16,18). The minimum Gasteiger partial charge on any atom is -0.478 e. The topological polar surface area (TPSA) is 58.6 Å². The molecule has 1 aromatic rings. The zero-order valence-electron chi connectivity index (χ0n) is 11.2. The first kappa shape index (κ1) is 15.4. The summed E-state index contributed by atoms with van der Waals surface area (Å²) in [5.74, 6) is -0.723. The van der Waals surface area contributed by atoms with Crippen molar-refractivity contribution in [1.82, 2.24) is 5.32 Å². The number of ether oxygens (including phenoxy) is 1. The molecule has 0 heterocycles. The van der Waals surface area contributed by atoms with Gasteiger partial charge in [-0.3, -0.25) is 4.79 Å². The third kappa shape index (κ3) is 5.70. The van der Waals surface area contributed by atoms with Crippen molar-refractivity contribution in [2.75, 3.05) is 6.54 Å². The normalized spacial score (nSPS) is 13.7. The van der Waals surface area contributed by atoms with Crippen LogP contribution in [0.15, 0.2) is 24.3 Å². The van der Waals surface area contributed by atoms with E-state index in [1.807, 2.05) is 0 Å². The van der Waals surface area contributed by atoms with E-state index >= 15 is 0 Å². The van der Waals surface area contributed by atoms with Crippen molar-refractivity contribution >= 4 is 5.91 Å². The average molecular weight is 269 g/mol. The third-order valence-electron chi connectivity index (χ3n) is 2.61. The Morgan fingerprint density at radius 1 is 1.42 bits per heavy atom. The summed E-state index contributed by atoms with van der Waals surface area (Å²) in [6.45, 7) is 3.73. The van der Waals surface area contributed by atoms with Gasteiger partial charge in [0.15, 0.2) is 17.7 Å². The number of para-hydroxylation sites is 1. The number of hydrogen-bond acceptors (Lipinski definition) is 3. The first-order chi connectivity index (χ1) is 9.00. The molecule has 5 heteroatoms. The lowest BCUT2D eigenvalue weighted by Crippen LogP contribution is -2.37. The maximum atomic E-state index is 13.3. The van der Waals surface area contributed by atoms with E-state index in [4.69, 9.17) is 9.84 Å². The molecule has 0 saturated carbocycles. The first-order valence-corrected chi connectivity index (χ1v) is 6.37. The molecule has 0 aliphatic carbocycles. The van der Waals surface area contributed by atoms with Crippen molar-refractivity contribution in [2.45, 2.75) is 38.9 Å². The molecule has 2 atom stereocenters. The number of halogens is 1. The molecule has 1 amide bonds. The number of carbonyl (C=O) groups is 1. The Morgan fingerprint density at radius 3 is 2.74 bits per heavy atom. The molecule has 0 aliphatic heterocycles. The lowest BCUT2D eigenvalue weighted by Gasteiger charge is -2.15. The van der Waals surface area contributed by atoms with Crippen molar-refractivity contribution < 1.29 is 19.0 Å². The lowest BCUT2D eigenvalue weighted by atomic mass is 10.2. The van der Waals surface area contributed by atoms with Crippen LogP contribution in [0.3, 0.4) is 0 Å². The highest BCUT2D eigenvalue weighted by atomic mass is 19.1. The quantitative estimate of drug-likeness (QED) is 0.743. The monoisotopic (exact) mass is 269 g/mol. The molecule has 0 fully saturated rings. The van der Waals surface area contributed by atoms with Crippen LogP contribution in [-0.2, 0) is 4.79 Å². The Hall–Kier alpha value is -1.62. The molecular weight excluding hydrogens is 249 g/mol. The lowest BCUT2D eigenvalue weighted by molar-refractivity contribution is -0.127. The van der Waals surface area contributed by atoms with E-state index in [1.165, 1.54) is 12.1 Å². The Labute approximate surface area is 112 Å². The number of aliphatic hydroxyl groups is 1. The second kappa shape index (κ2) is 7.74. The molecule has 19 heavy (non-hydrogen) atoms. The van der Waals surface area contributed by atoms with Crippen molar-refractivity contribution in [1.29, 1.82) is 0 Å². The van der Waals surface area contributed by atoms with E-state index in [-0.39, 0.29) is 17.8 Å².